The molecule has 0 aromatic heterocycles. The predicted molar refractivity (Wildman–Crippen MR) is 35.5 cm³/mol. The molecule has 2 unspecified atom stereocenters. The second kappa shape index (κ2) is 1.90. The maximum absolute atomic E-state index is 5.38. The lowest BCUT2D eigenvalue weighted by Crippen LogP contribution is -2.03. The van der Waals surface area contributed by atoms with E-state index < -0.39 is 0 Å². The molecule has 1 aliphatic carbocycles. The van der Waals surface area contributed by atoms with Crippen LogP contribution in [-0.4, -0.2) is 6.54 Å². The second-order valence-corrected chi connectivity index (χ2v) is 2.68. The van der Waals surface area contributed by atoms with Gasteiger partial charge in [0, 0.05) is 6.54 Å². The minimum absolute atomic E-state index is 0.676. The van der Waals surface area contributed by atoms with Gasteiger partial charge in [-0.15, -0.1) is 0 Å². The summed E-state index contributed by atoms with van der Waals surface area (Å²) in [7, 11) is 0. The van der Waals surface area contributed by atoms with Gasteiger partial charge in [-0.05, 0) is 18.3 Å². The van der Waals surface area contributed by atoms with Crippen LogP contribution in [0.25, 0.3) is 0 Å². The summed E-state index contributed by atoms with van der Waals surface area (Å²) in [6.07, 6.45) is 1.32. The van der Waals surface area contributed by atoms with Crippen molar-refractivity contribution in [2.75, 3.05) is 6.54 Å². The van der Waals surface area contributed by atoms with Gasteiger partial charge in [0.05, 0.1) is 0 Å². The zero-order chi connectivity index (χ0) is 6.15. The maximum Gasteiger partial charge on any atom is 0.0137 e. The molecule has 1 aliphatic rings. The van der Waals surface area contributed by atoms with Gasteiger partial charge in [0.2, 0.25) is 0 Å². The largest absolute Gasteiger partial charge is 0.327 e. The van der Waals surface area contributed by atoms with Crippen LogP contribution in [0, 0.1) is 11.8 Å². The van der Waals surface area contributed by atoms with Crippen molar-refractivity contribution in [2.45, 2.75) is 13.3 Å². The lowest BCUT2D eigenvalue weighted by Gasteiger charge is -1.95. The van der Waals surface area contributed by atoms with E-state index in [2.05, 4.69) is 13.5 Å². The second-order valence-electron chi connectivity index (χ2n) is 2.68. The summed E-state index contributed by atoms with van der Waals surface area (Å²) in [4.78, 5) is 0. The molecule has 0 heterocycles. The van der Waals surface area contributed by atoms with Crippen LogP contribution in [-0.2, 0) is 0 Å². The number of hydrogen-bond donors (Lipinski definition) is 1. The van der Waals surface area contributed by atoms with Crippen molar-refractivity contribution in [2.24, 2.45) is 17.6 Å². The van der Waals surface area contributed by atoms with Gasteiger partial charge in [0.25, 0.3) is 0 Å². The Morgan fingerprint density at radius 3 is 2.50 bits per heavy atom. The average Bonchev–Trinajstić information content (AvgIpc) is 2.45. The molecular weight excluding hydrogens is 98.1 g/mol. The van der Waals surface area contributed by atoms with Crippen molar-refractivity contribution in [3.63, 3.8) is 0 Å². The van der Waals surface area contributed by atoms with Crippen LogP contribution < -0.4 is 5.73 Å². The first-order valence-corrected chi connectivity index (χ1v) is 3.13. The smallest absolute Gasteiger partial charge is 0.0137 e. The Hall–Kier alpha value is -0.300. The first kappa shape index (κ1) is 5.83. The molecule has 0 amide bonds. The molecule has 1 rings (SSSR count). The van der Waals surface area contributed by atoms with Crippen LogP contribution in [0.5, 0.6) is 0 Å². The van der Waals surface area contributed by atoms with Crippen molar-refractivity contribution in [3.8, 4) is 0 Å². The Kier molecular flexibility index (Phi) is 1.39. The zero-order valence-electron chi connectivity index (χ0n) is 5.35. The summed E-state index contributed by atoms with van der Waals surface area (Å²) in [6.45, 7) is 6.78. The molecule has 1 fully saturated rings. The standard InChI is InChI=1S/C7H13N/c1-5-3-7(5)6(2)4-8/h5,7H,2-4,8H2,1H3. The molecule has 0 bridgehead atoms. The topological polar surface area (TPSA) is 26.0 Å². The van der Waals surface area contributed by atoms with E-state index in [0.29, 0.717) is 6.54 Å². The molecule has 0 aromatic rings. The van der Waals surface area contributed by atoms with Crippen molar-refractivity contribution in [1.29, 1.82) is 0 Å². The fraction of sp³-hybridized carbons (Fsp3) is 0.714. The highest BCUT2D eigenvalue weighted by atomic mass is 14.6. The van der Waals surface area contributed by atoms with E-state index >= 15 is 0 Å². The number of nitrogens with two attached hydrogens (primary N) is 1. The van der Waals surface area contributed by atoms with Gasteiger partial charge in [-0.3, -0.25) is 0 Å². The van der Waals surface area contributed by atoms with Crippen LogP contribution in [0.4, 0.5) is 0 Å². The molecule has 2 atom stereocenters. The Morgan fingerprint density at radius 2 is 2.38 bits per heavy atom. The van der Waals surface area contributed by atoms with Gasteiger partial charge in [-0.25, -0.2) is 0 Å². The lowest BCUT2D eigenvalue weighted by molar-refractivity contribution is 0.835. The van der Waals surface area contributed by atoms with Crippen molar-refractivity contribution in [1.82, 2.24) is 0 Å². The zero-order valence-corrected chi connectivity index (χ0v) is 5.35. The van der Waals surface area contributed by atoms with Crippen LogP contribution in [0.15, 0.2) is 12.2 Å². The van der Waals surface area contributed by atoms with E-state index in [1.165, 1.54) is 12.0 Å². The minimum Gasteiger partial charge on any atom is -0.327 e. The van der Waals surface area contributed by atoms with Gasteiger partial charge in [0.1, 0.15) is 0 Å². The highest BCUT2D eigenvalue weighted by Gasteiger charge is 2.33. The third kappa shape index (κ3) is 0.920. The third-order valence-electron chi connectivity index (χ3n) is 1.90. The monoisotopic (exact) mass is 111 g/mol. The van der Waals surface area contributed by atoms with E-state index in [9.17, 15) is 0 Å². The van der Waals surface area contributed by atoms with Crippen molar-refractivity contribution in [3.05, 3.63) is 12.2 Å². The SMILES string of the molecule is C=C(CN)C1CC1C. The molecule has 8 heavy (non-hydrogen) atoms. The maximum atomic E-state index is 5.38. The van der Waals surface area contributed by atoms with E-state index in [-0.39, 0.29) is 0 Å². The van der Waals surface area contributed by atoms with Crippen LogP contribution in [0.3, 0.4) is 0 Å². The van der Waals surface area contributed by atoms with Gasteiger partial charge in [-0.1, -0.05) is 19.1 Å². The Morgan fingerprint density at radius 1 is 1.88 bits per heavy atom. The van der Waals surface area contributed by atoms with Gasteiger partial charge in [-0.2, -0.15) is 0 Å². The summed E-state index contributed by atoms with van der Waals surface area (Å²) in [5.41, 5.74) is 6.61. The summed E-state index contributed by atoms with van der Waals surface area (Å²) < 4.78 is 0. The number of rotatable bonds is 2. The highest BCUT2D eigenvalue weighted by molar-refractivity contribution is 5.11. The van der Waals surface area contributed by atoms with E-state index in [1.54, 1.807) is 0 Å². The fourth-order valence-corrected chi connectivity index (χ4v) is 1.04. The van der Waals surface area contributed by atoms with E-state index in [0.717, 1.165) is 11.8 Å². The van der Waals surface area contributed by atoms with Gasteiger partial charge < -0.3 is 5.73 Å². The lowest BCUT2D eigenvalue weighted by atomic mass is 10.2. The van der Waals surface area contributed by atoms with E-state index in [1.807, 2.05) is 0 Å². The molecule has 0 spiro atoms. The third-order valence-corrected chi connectivity index (χ3v) is 1.90. The molecule has 0 saturated heterocycles. The summed E-state index contributed by atoms with van der Waals surface area (Å²) in [5, 5.41) is 0. The highest BCUT2D eigenvalue weighted by Crippen LogP contribution is 2.42. The van der Waals surface area contributed by atoms with Crippen LogP contribution in [0.1, 0.15) is 13.3 Å². The Balaban J connectivity index is 2.28. The predicted octanol–water partition coefficient (Wildman–Crippen LogP) is 1.16. The normalized spacial score (nSPS) is 34.8. The molecule has 46 valence electrons. The first-order valence-electron chi connectivity index (χ1n) is 3.13. The van der Waals surface area contributed by atoms with Gasteiger partial charge in [0.15, 0.2) is 0 Å². The molecular formula is C7H13N. The van der Waals surface area contributed by atoms with Crippen LogP contribution in [0.2, 0.25) is 0 Å². The Labute approximate surface area is 50.6 Å². The molecule has 0 radical (unpaired) electrons. The van der Waals surface area contributed by atoms with Crippen molar-refractivity contribution >= 4 is 0 Å². The molecule has 1 nitrogen and oxygen atoms in total. The van der Waals surface area contributed by atoms with Gasteiger partial charge >= 0.3 is 0 Å². The minimum atomic E-state index is 0.676. The summed E-state index contributed by atoms with van der Waals surface area (Å²) in [5.74, 6) is 1.63. The molecule has 0 aliphatic heterocycles. The van der Waals surface area contributed by atoms with E-state index in [4.69, 9.17) is 5.73 Å². The van der Waals surface area contributed by atoms with Crippen LogP contribution >= 0.6 is 0 Å². The summed E-state index contributed by atoms with van der Waals surface area (Å²) in [6, 6.07) is 0. The number of hydrogen-bond acceptors (Lipinski definition) is 1. The first-order chi connectivity index (χ1) is 3.75. The summed E-state index contributed by atoms with van der Waals surface area (Å²) >= 11 is 0. The molecule has 2 N–H and O–H groups in total. The fourth-order valence-electron chi connectivity index (χ4n) is 1.04. The molecule has 1 heteroatoms. The Bertz CT molecular complexity index is 107. The average molecular weight is 111 g/mol. The molecule has 0 aromatic carbocycles. The molecule has 1 saturated carbocycles. The van der Waals surface area contributed by atoms with Crippen molar-refractivity contribution < 1.29 is 0 Å². The quantitative estimate of drug-likeness (QED) is 0.532.